The van der Waals surface area contributed by atoms with Gasteiger partial charge in [-0.2, -0.15) is 0 Å². The molecular formula is C15H18BrF2NO3. The van der Waals surface area contributed by atoms with Gasteiger partial charge in [0.15, 0.2) is 6.61 Å². The van der Waals surface area contributed by atoms with Crippen LogP contribution in [0.2, 0.25) is 0 Å². The van der Waals surface area contributed by atoms with Crippen molar-refractivity contribution in [3.63, 3.8) is 0 Å². The molecule has 1 aromatic carbocycles. The first-order valence-corrected chi connectivity index (χ1v) is 7.82. The minimum atomic E-state index is -2.59. The van der Waals surface area contributed by atoms with E-state index in [9.17, 15) is 13.6 Å². The van der Waals surface area contributed by atoms with E-state index < -0.39 is 5.92 Å². The van der Waals surface area contributed by atoms with Gasteiger partial charge < -0.3 is 14.8 Å². The SMILES string of the molecule is COc1ccc(Br)c(OCC(=O)NC2CCC(F)(F)CC2)c1. The third kappa shape index (κ3) is 4.83. The fourth-order valence-corrected chi connectivity index (χ4v) is 2.68. The summed E-state index contributed by atoms with van der Waals surface area (Å²) in [4.78, 5) is 11.8. The Morgan fingerprint density at radius 2 is 2.09 bits per heavy atom. The van der Waals surface area contributed by atoms with E-state index in [1.54, 1.807) is 25.3 Å². The first-order chi connectivity index (χ1) is 10.4. The Hall–Kier alpha value is -1.37. The maximum Gasteiger partial charge on any atom is 0.258 e. The normalized spacial score (nSPS) is 17.8. The van der Waals surface area contributed by atoms with Gasteiger partial charge in [-0.3, -0.25) is 4.79 Å². The zero-order valence-electron chi connectivity index (χ0n) is 12.2. The number of methoxy groups -OCH3 is 1. The third-order valence-electron chi connectivity index (χ3n) is 3.58. The molecular weight excluding hydrogens is 360 g/mol. The summed E-state index contributed by atoms with van der Waals surface area (Å²) < 4.78 is 37.3. The second kappa shape index (κ2) is 7.26. The molecule has 0 bridgehead atoms. The van der Waals surface area contributed by atoms with Crippen LogP contribution in [-0.4, -0.2) is 31.6 Å². The average Bonchev–Trinajstić information content (AvgIpc) is 2.48. The molecule has 1 saturated carbocycles. The van der Waals surface area contributed by atoms with E-state index in [0.717, 1.165) is 0 Å². The van der Waals surface area contributed by atoms with Gasteiger partial charge in [-0.25, -0.2) is 8.78 Å². The molecule has 4 nitrogen and oxygen atoms in total. The number of ether oxygens (including phenoxy) is 2. The second-order valence-corrected chi connectivity index (χ2v) is 6.14. The largest absolute Gasteiger partial charge is 0.497 e. The molecule has 0 unspecified atom stereocenters. The van der Waals surface area contributed by atoms with Crippen LogP contribution in [0.5, 0.6) is 11.5 Å². The van der Waals surface area contributed by atoms with Gasteiger partial charge in [0.1, 0.15) is 11.5 Å². The number of hydrogen-bond donors (Lipinski definition) is 1. The number of nitrogens with one attached hydrogen (secondary N) is 1. The summed E-state index contributed by atoms with van der Waals surface area (Å²) in [6, 6.07) is 4.98. The van der Waals surface area contributed by atoms with Gasteiger partial charge in [0, 0.05) is 24.9 Å². The maximum atomic E-state index is 13.0. The van der Waals surface area contributed by atoms with E-state index >= 15 is 0 Å². The number of halogens is 3. The summed E-state index contributed by atoms with van der Waals surface area (Å²) in [5.74, 6) is -1.80. The predicted octanol–water partition coefficient (Wildman–Crippen LogP) is 3.53. The van der Waals surface area contributed by atoms with Crippen LogP contribution in [0.1, 0.15) is 25.7 Å². The molecule has 1 N–H and O–H groups in total. The van der Waals surface area contributed by atoms with Gasteiger partial charge in [-0.15, -0.1) is 0 Å². The molecule has 0 saturated heterocycles. The highest BCUT2D eigenvalue weighted by atomic mass is 79.9. The molecule has 0 spiro atoms. The zero-order chi connectivity index (χ0) is 16.2. The monoisotopic (exact) mass is 377 g/mol. The maximum absolute atomic E-state index is 13.0. The van der Waals surface area contributed by atoms with E-state index in [1.807, 2.05) is 0 Å². The Kier molecular flexibility index (Phi) is 5.61. The van der Waals surface area contributed by atoms with Crippen molar-refractivity contribution in [3.05, 3.63) is 22.7 Å². The van der Waals surface area contributed by atoms with Gasteiger partial charge in [-0.1, -0.05) is 0 Å². The number of amides is 1. The van der Waals surface area contributed by atoms with Crippen molar-refractivity contribution >= 4 is 21.8 Å². The summed E-state index contributed by atoms with van der Waals surface area (Å²) in [6.45, 7) is -0.168. The molecule has 0 atom stereocenters. The van der Waals surface area contributed by atoms with Crippen molar-refractivity contribution in [2.45, 2.75) is 37.6 Å². The van der Waals surface area contributed by atoms with E-state index in [0.29, 0.717) is 28.8 Å². The molecule has 1 aliphatic rings. The van der Waals surface area contributed by atoms with Crippen molar-refractivity contribution in [1.82, 2.24) is 5.32 Å². The number of carbonyl (C=O) groups is 1. The summed E-state index contributed by atoms with van der Waals surface area (Å²) in [7, 11) is 1.54. The quantitative estimate of drug-likeness (QED) is 0.853. The van der Waals surface area contributed by atoms with E-state index in [4.69, 9.17) is 9.47 Å². The molecule has 122 valence electrons. The minimum Gasteiger partial charge on any atom is -0.497 e. The first-order valence-electron chi connectivity index (χ1n) is 7.03. The molecule has 0 heterocycles. The Labute approximate surface area is 136 Å². The second-order valence-electron chi connectivity index (χ2n) is 5.28. The first kappa shape index (κ1) is 17.0. The van der Waals surface area contributed by atoms with Gasteiger partial charge in [0.25, 0.3) is 5.91 Å². The van der Waals surface area contributed by atoms with Crippen LogP contribution in [-0.2, 0) is 4.79 Å². The number of hydrogen-bond acceptors (Lipinski definition) is 3. The molecule has 1 fully saturated rings. The van der Waals surface area contributed by atoms with Crippen LogP contribution < -0.4 is 14.8 Å². The van der Waals surface area contributed by atoms with E-state index in [1.165, 1.54) is 0 Å². The molecule has 0 radical (unpaired) electrons. The molecule has 0 aromatic heterocycles. The van der Waals surface area contributed by atoms with Crippen molar-refractivity contribution in [1.29, 1.82) is 0 Å². The smallest absolute Gasteiger partial charge is 0.258 e. The number of alkyl halides is 2. The molecule has 1 aromatic rings. The predicted molar refractivity (Wildman–Crippen MR) is 81.5 cm³/mol. The highest BCUT2D eigenvalue weighted by molar-refractivity contribution is 9.10. The fraction of sp³-hybridized carbons (Fsp3) is 0.533. The lowest BCUT2D eigenvalue weighted by Gasteiger charge is -2.28. The fourth-order valence-electron chi connectivity index (χ4n) is 2.32. The van der Waals surface area contributed by atoms with Crippen LogP contribution >= 0.6 is 15.9 Å². The Morgan fingerprint density at radius 1 is 1.41 bits per heavy atom. The molecule has 0 aliphatic heterocycles. The lowest BCUT2D eigenvalue weighted by Crippen LogP contribution is -2.42. The lowest BCUT2D eigenvalue weighted by molar-refractivity contribution is -0.125. The molecule has 1 amide bonds. The van der Waals surface area contributed by atoms with Crippen LogP contribution in [0.25, 0.3) is 0 Å². The average molecular weight is 378 g/mol. The Morgan fingerprint density at radius 3 is 2.73 bits per heavy atom. The van der Waals surface area contributed by atoms with E-state index in [-0.39, 0.29) is 31.4 Å². The number of carbonyl (C=O) groups excluding carboxylic acids is 1. The minimum absolute atomic E-state index is 0.168. The van der Waals surface area contributed by atoms with Crippen LogP contribution in [0.3, 0.4) is 0 Å². The number of rotatable bonds is 5. The van der Waals surface area contributed by atoms with Crippen molar-refractivity contribution in [2.75, 3.05) is 13.7 Å². The topological polar surface area (TPSA) is 47.6 Å². The van der Waals surface area contributed by atoms with Crippen molar-refractivity contribution in [3.8, 4) is 11.5 Å². The molecule has 2 rings (SSSR count). The zero-order valence-corrected chi connectivity index (χ0v) is 13.8. The summed E-state index contributed by atoms with van der Waals surface area (Å²) in [6.07, 6.45) is 0.226. The van der Waals surface area contributed by atoms with Crippen molar-refractivity contribution in [2.24, 2.45) is 0 Å². The molecule has 7 heteroatoms. The highest BCUT2D eigenvalue weighted by Gasteiger charge is 2.35. The van der Waals surface area contributed by atoms with Gasteiger partial charge >= 0.3 is 0 Å². The van der Waals surface area contributed by atoms with Gasteiger partial charge in [0.05, 0.1) is 11.6 Å². The standard InChI is InChI=1S/C15H18BrF2NO3/c1-21-11-2-3-12(16)13(8-11)22-9-14(20)19-10-4-6-15(17,18)7-5-10/h2-3,8,10H,4-7,9H2,1H3,(H,19,20). The number of benzene rings is 1. The lowest BCUT2D eigenvalue weighted by atomic mass is 9.92. The van der Waals surface area contributed by atoms with Gasteiger partial charge in [0.2, 0.25) is 5.92 Å². The summed E-state index contributed by atoms with van der Waals surface area (Å²) in [5.41, 5.74) is 0. The van der Waals surface area contributed by atoms with Crippen molar-refractivity contribution < 1.29 is 23.0 Å². The molecule has 1 aliphatic carbocycles. The van der Waals surface area contributed by atoms with Crippen LogP contribution in [0.4, 0.5) is 8.78 Å². The summed E-state index contributed by atoms with van der Waals surface area (Å²) >= 11 is 3.33. The third-order valence-corrected chi connectivity index (χ3v) is 4.23. The molecule has 22 heavy (non-hydrogen) atoms. The van der Waals surface area contributed by atoms with Gasteiger partial charge in [-0.05, 0) is 40.9 Å². The van der Waals surface area contributed by atoms with Crippen LogP contribution in [0.15, 0.2) is 22.7 Å². The van der Waals surface area contributed by atoms with Crippen LogP contribution in [0, 0.1) is 0 Å². The van der Waals surface area contributed by atoms with E-state index in [2.05, 4.69) is 21.2 Å². The highest BCUT2D eigenvalue weighted by Crippen LogP contribution is 2.33. The Balaban J connectivity index is 1.81. The summed E-state index contributed by atoms with van der Waals surface area (Å²) in [5, 5.41) is 2.73. The Bertz CT molecular complexity index is 530.